The largest absolute Gasteiger partial charge is 0.480 e. The summed E-state index contributed by atoms with van der Waals surface area (Å²) >= 11 is 0. The maximum atomic E-state index is 13.4. The Kier molecular flexibility index (Phi) is 6.68. The molecule has 28 heavy (non-hydrogen) atoms. The average molecular weight is 397 g/mol. The van der Waals surface area contributed by atoms with Crippen molar-refractivity contribution in [3.63, 3.8) is 0 Å². The number of nitrogens with one attached hydrogen (secondary N) is 1. The summed E-state index contributed by atoms with van der Waals surface area (Å²) in [4.78, 5) is 35.4. The Hall–Kier alpha value is -3.01. The van der Waals surface area contributed by atoms with Crippen molar-refractivity contribution in [2.75, 3.05) is 0 Å². The van der Waals surface area contributed by atoms with Gasteiger partial charge in [-0.3, -0.25) is 24.0 Å². The molecule has 1 heterocycles. The van der Waals surface area contributed by atoms with Crippen molar-refractivity contribution in [2.24, 2.45) is 5.92 Å². The highest BCUT2D eigenvalue weighted by Crippen LogP contribution is 2.11. The van der Waals surface area contributed by atoms with Crippen molar-refractivity contribution in [3.8, 4) is 5.69 Å². The zero-order valence-electron chi connectivity index (χ0n) is 15.3. The second kappa shape index (κ2) is 8.79. The predicted octanol–water partition coefficient (Wildman–Crippen LogP) is 1.46. The molecule has 0 spiro atoms. The summed E-state index contributed by atoms with van der Waals surface area (Å²) in [6, 6.07) is 0.140. The van der Waals surface area contributed by atoms with Gasteiger partial charge in [0.2, 0.25) is 0 Å². The highest BCUT2D eigenvalue weighted by atomic mass is 19.1. The Morgan fingerprint density at radius 1 is 1.04 bits per heavy atom. The third-order valence-corrected chi connectivity index (χ3v) is 4.06. The van der Waals surface area contributed by atoms with E-state index in [1.165, 1.54) is 12.4 Å². The molecule has 0 amide bonds. The van der Waals surface area contributed by atoms with Crippen molar-refractivity contribution < 1.29 is 28.6 Å². The second-order valence-corrected chi connectivity index (χ2v) is 6.81. The Morgan fingerprint density at radius 2 is 1.61 bits per heavy atom. The lowest BCUT2D eigenvalue weighted by atomic mass is 10.0. The van der Waals surface area contributed by atoms with Gasteiger partial charge in [-0.2, -0.15) is 0 Å². The molecule has 0 saturated carbocycles. The number of hydrogen-bond donors (Lipinski definition) is 3. The topological polar surface area (TPSA) is 114 Å². The Morgan fingerprint density at radius 3 is 2.11 bits per heavy atom. The molecule has 0 fully saturated rings. The first-order valence-corrected chi connectivity index (χ1v) is 8.54. The van der Waals surface area contributed by atoms with Gasteiger partial charge in [0.25, 0.3) is 0 Å². The number of aromatic nitrogens is 2. The zero-order valence-corrected chi connectivity index (χ0v) is 15.3. The van der Waals surface area contributed by atoms with Crippen molar-refractivity contribution >= 4 is 11.9 Å². The number of benzene rings is 1. The molecule has 1 aromatic heterocycles. The fourth-order valence-electron chi connectivity index (χ4n) is 2.78. The summed E-state index contributed by atoms with van der Waals surface area (Å²) < 4.78 is 28.8. The maximum Gasteiger partial charge on any atom is 0.332 e. The van der Waals surface area contributed by atoms with Gasteiger partial charge in [-0.25, -0.2) is 13.6 Å². The molecule has 1 aromatic carbocycles. The van der Waals surface area contributed by atoms with Crippen molar-refractivity contribution in [1.82, 2.24) is 14.5 Å². The summed E-state index contributed by atoms with van der Waals surface area (Å²) in [7, 11) is 0. The van der Waals surface area contributed by atoms with Crippen LogP contribution in [0.4, 0.5) is 8.78 Å². The number of hydrogen-bond acceptors (Lipinski definition) is 4. The zero-order chi connectivity index (χ0) is 21.0. The van der Waals surface area contributed by atoms with Crippen LogP contribution in [-0.2, 0) is 16.1 Å². The van der Waals surface area contributed by atoms with E-state index in [1.54, 1.807) is 13.8 Å². The van der Waals surface area contributed by atoms with Gasteiger partial charge in [0.1, 0.15) is 23.7 Å². The molecule has 0 radical (unpaired) electrons. The monoisotopic (exact) mass is 397 g/mol. The molecular formula is C18H21F2N3O5. The van der Waals surface area contributed by atoms with Gasteiger partial charge in [0.15, 0.2) is 0 Å². The average Bonchev–Trinajstić information content (AvgIpc) is 2.92. The predicted molar refractivity (Wildman–Crippen MR) is 95.4 cm³/mol. The Labute approximate surface area is 159 Å². The van der Waals surface area contributed by atoms with Crippen LogP contribution < -0.4 is 11.0 Å². The van der Waals surface area contributed by atoms with Gasteiger partial charge in [0.05, 0.1) is 12.2 Å². The van der Waals surface area contributed by atoms with Gasteiger partial charge in [-0.1, -0.05) is 13.8 Å². The number of nitrogens with zero attached hydrogens (tertiary/aromatic N) is 2. The summed E-state index contributed by atoms with van der Waals surface area (Å²) in [5.41, 5.74) is -0.766. The number of halogens is 2. The lowest BCUT2D eigenvalue weighted by molar-refractivity contribution is -0.143. The van der Waals surface area contributed by atoms with Gasteiger partial charge in [0, 0.05) is 18.5 Å². The summed E-state index contributed by atoms with van der Waals surface area (Å²) in [6.07, 6.45) is 2.72. The molecule has 0 aliphatic heterocycles. The molecule has 2 unspecified atom stereocenters. The molecule has 0 aliphatic carbocycles. The molecule has 2 rings (SSSR count). The fraction of sp³-hybridized carbons (Fsp3) is 0.389. The summed E-state index contributed by atoms with van der Waals surface area (Å²) in [6.45, 7) is 3.24. The molecule has 8 nitrogen and oxygen atoms in total. The summed E-state index contributed by atoms with van der Waals surface area (Å²) in [5, 5.41) is 21.2. The van der Waals surface area contributed by atoms with E-state index >= 15 is 0 Å². The first-order valence-electron chi connectivity index (χ1n) is 8.54. The molecule has 152 valence electrons. The highest BCUT2D eigenvalue weighted by Gasteiger charge is 2.27. The quantitative estimate of drug-likeness (QED) is 0.590. The standard InChI is InChI=1S/C18H21F2N3O5/c1-10(2)5-14(16(24)25)21-15(17(26)27)9-22-3-4-23(18(22)28)13-7-11(19)6-12(20)8-13/h3-4,6-8,10,14-15,21H,5,9H2,1-2H3,(H,24,25)(H,26,27). The number of aliphatic carboxylic acids is 2. The van der Waals surface area contributed by atoms with Crippen LogP contribution in [0.3, 0.4) is 0 Å². The highest BCUT2D eigenvalue weighted by molar-refractivity contribution is 5.77. The third-order valence-electron chi connectivity index (χ3n) is 4.06. The number of imidazole rings is 1. The first-order chi connectivity index (χ1) is 13.1. The minimum absolute atomic E-state index is 0.00900. The van der Waals surface area contributed by atoms with Crippen molar-refractivity contribution in [2.45, 2.75) is 38.9 Å². The summed E-state index contributed by atoms with van der Waals surface area (Å²) in [5.74, 6) is -4.24. The van der Waals surface area contributed by atoms with Crippen LogP contribution in [-0.4, -0.2) is 43.4 Å². The number of rotatable bonds is 9. The number of carboxylic acids is 2. The Balaban J connectivity index is 2.27. The van der Waals surface area contributed by atoms with Crippen LogP contribution in [0.1, 0.15) is 20.3 Å². The lowest BCUT2D eigenvalue weighted by Crippen LogP contribution is -2.50. The van der Waals surface area contributed by atoms with Gasteiger partial charge < -0.3 is 10.2 Å². The van der Waals surface area contributed by atoms with Crippen LogP contribution in [0.25, 0.3) is 5.69 Å². The molecule has 3 N–H and O–H groups in total. The Bertz CT molecular complexity index is 902. The first kappa shape index (κ1) is 21.3. The van der Waals surface area contributed by atoms with E-state index in [4.69, 9.17) is 0 Å². The van der Waals surface area contributed by atoms with E-state index < -0.39 is 41.3 Å². The van der Waals surface area contributed by atoms with Crippen LogP contribution >= 0.6 is 0 Å². The van der Waals surface area contributed by atoms with E-state index in [0.29, 0.717) is 6.07 Å². The molecule has 2 aromatic rings. The normalized spacial score (nSPS) is 13.5. The van der Waals surface area contributed by atoms with Crippen molar-refractivity contribution in [1.29, 1.82) is 0 Å². The second-order valence-electron chi connectivity index (χ2n) is 6.81. The van der Waals surface area contributed by atoms with Crippen molar-refractivity contribution in [3.05, 3.63) is 52.7 Å². The third kappa shape index (κ3) is 5.26. The lowest BCUT2D eigenvalue weighted by Gasteiger charge is -2.21. The van der Waals surface area contributed by atoms with Gasteiger partial charge in [-0.05, 0) is 24.5 Å². The van der Waals surface area contributed by atoms with E-state index in [-0.39, 0.29) is 24.6 Å². The fourth-order valence-corrected chi connectivity index (χ4v) is 2.78. The maximum absolute atomic E-state index is 13.4. The minimum atomic E-state index is -1.35. The molecule has 0 saturated heterocycles. The van der Waals surface area contributed by atoms with Gasteiger partial charge >= 0.3 is 17.6 Å². The molecule has 0 bridgehead atoms. The molecule has 0 aliphatic rings. The molecule has 10 heteroatoms. The molecular weight excluding hydrogens is 376 g/mol. The smallest absolute Gasteiger partial charge is 0.332 e. The number of carbonyl (C=O) groups is 2. The van der Waals surface area contributed by atoms with Crippen LogP contribution in [0.15, 0.2) is 35.4 Å². The van der Waals surface area contributed by atoms with Crippen LogP contribution in [0.5, 0.6) is 0 Å². The van der Waals surface area contributed by atoms with E-state index in [2.05, 4.69) is 5.32 Å². The van der Waals surface area contributed by atoms with E-state index in [0.717, 1.165) is 21.3 Å². The van der Waals surface area contributed by atoms with E-state index in [1.807, 2.05) is 0 Å². The van der Waals surface area contributed by atoms with E-state index in [9.17, 15) is 33.4 Å². The van der Waals surface area contributed by atoms with Crippen LogP contribution in [0.2, 0.25) is 0 Å². The minimum Gasteiger partial charge on any atom is -0.480 e. The SMILES string of the molecule is CC(C)CC(NC(Cn1ccn(-c2cc(F)cc(F)c2)c1=O)C(=O)O)C(=O)O. The molecule has 2 atom stereocenters. The van der Waals surface area contributed by atoms with Gasteiger partial charge in [-0.15, -0.1) is 0 Å². The number of carboxylic acid groups (broad SMARTS) is 2. The van der Waals surface area contributed by atoms with Crippen LogP contribution in [0, 0.1) is 17.6 Å².